The second-order valence-corrected chi connectivity index (χ2v) is 5.27. The second kappa shape index (κ2) is 7.07. The maximum absolute atomic E-state index is 6.35. The van der Waals surface area contributed by atoms with Gasteiger partial charge in [-0.3, -0.25) is 0 Å². The van der Waals surface area contributed by atoms with Crippen LogP contribution in [0.2, 0.25) is 0 Å². The van der Waals surface area contributed by atoms with Gasteiger partial charge in [-0.2, -0.15) is 0 Å². The van der Waals surface area contributed by atoms with Crippen molar-refractivity contribution >= 4 is 0 Å². The van der Waals surface area contributed by atoms with E-state index in [4.69, 9.17) is 19.9 Å². The molecule has 20 heavy (non-hydrogen) atoms. The highest BCUT2D eigenvalue weighted by atomic mass is 16.5. The Morgan fingerprint density at radius 2 is 2.20 bits per heavy atom. The van der Waals surface area contributed by atoms with E-state index in [1.807, 2.05) is 19.9 Å². The van der Waals surface area contributed by atoms with Crippen LogP contribution in [0, 0.1) is 0 Å². The summed E-state index contributed by atoms with van der Waals surface area (Å²) in [4.78, 5) is 0. The molecule has 1 aliphatic rings. The molecule has 3 unspecified atom stereocenters. The second-order valence-electron chi connectivity index (χ2n) is 5.27. The lowest BCUT2D eigenvalue weighted by atomic mass is 9.86. The van der Waals surface area contributed by atoms with Gasteiger partial charge in [0.15, 0.2) is 0 Å². The first-order valence-corrected chi connectivity index (χ1v) is 7.31. The van der Waals surface area contributed by atoms with Crippen molar-refractivity contribution in [3.05, 3.63) is 29.3 Å². The van der Waals surface area contributed by atoms with E-state index < -0.39 is 0 Å². The van der Waals surface area contributed by atoms with Crippen molar-refractivity contribution in [1.82, 2.24) is 0 Å². The zero-order valence-electron chi connectivity index (χ0n) is 12.6. The molecule has 0 radical (unpaired) electrons. The number of methoxy groups -OCH3 is 1. The maximum Gasteiger partial charge on any atom is 0.119 e. The first-order valence-electron chi connectivity index (χ1n) is 7.31. The average molecular weight is 279 g/mol. The Bertz CT molecular complexity index is 436. The SMILES string of the molecule is CCOCC(C)OC1CCc2cc(OC)ccc2C1N. The molecule has 4 nitrogen and oxygen atoms in total. The number of rotatable bonds is 6. The quantitative estimate of drug-likeness (QED) is 0.869. The number of ether oxygens (including phenoxy) is 3. The van der Waals surface area contributed by atoms with Gasteiger partial charge in [0.2, 0.25) is 0 Å². The molecule has 0 saturated heterocycles. The normalized spacial score (nSPS) is 23.2. The lowest BCUT2D eigenvalue weighted by Gasteiger charge is -2.33. The van der Waals surface area contributed by atoms with Gasteiger partial charge < -0.3 is 19.9 Å². The first-order chi connectivity index (χ1) is 9.65. The summed E-state index contributed by atoms with van der Waals surface area (Å²) in [6.07, 6.45) is 2.06. The average Bonchev–Trinajstić information content (AvgIpc) is 2.47. The van der Waals surface area contributed by atoms with Crippen molar-refractivity contribution in [2.45, 2.75) is 44.9 Å². The Morgan fingerprint density at radius 1 is 1.40 bits per heavy atom. The third kappa shape index (κ3) is 3.51. The van der Waals surface area contributed by atoms with Crippen molar-refractivity contribution in [1.29, 1.82) is 0 Å². The summed E-state index contributed by atoms with van der Waals surface area (Å²) < 4.78 is 16.7. The highest BCUT2D eigenvalue weighted by molar-refractivity contribution is 5.39. The lowest BCUT2D eigenvalue weighted by molar-refractivity contribution is -0.0607. The van der Waals surface area contributed by atoms with Gasteiger partial charge in [-0.15, -0.1) is 0 Å². The van der Waals surface area contributed by atoms with Gasteiger partial charge in [0.1, 0.15) is 5.75 Å². The highest BCUT2D eigenvalue weighted by Gasteiger charge is 2.28. The van der Waals surface area contributed by atoms with E-state index in [0.29, 0.717) is 13.2 Å². The van der Waals surface area contributed by atoms with E-state index in [1.54, 1.807) is 7.11 Å². The van der Waals surface area contributed by atoms with Gasteiger partial charge in [0.05, 0.1) is 32.0 Å². The minimum Gasteiger partial charge on any atom is -0.497 e. The summed E-state index contributed by atoms with van der Waals surface area (Å²) in [7, 11) is 1.69. The number of nitrogens with two attached hydrogens (primary N) is 1. The van der Waals surface area contributed by atoms with Crippen LogP contribution in [0.1, 0.15) is 37.4 Å². The summed E-state index contributed by atoms with van der Waals surface area (Å²) >= 11 is 0. The summed E-state index contributed by atoms with van der Waals surface area (Å²) in [5, 5.41) is 0. The molecule has 4 heteroatoms. The largest absolute Gasteiger partial charge is 0.497 e. The highest BCUT2D eigenvalue weighted by Crippen LogP contribution is 2.33. The van der Waals surface area contributed by atoms with Crippen molar-refractivity contribution in [3.63, 3.8) is 0 Å². The van der Waals surface area contributed by atoms with Crippen LogP contribution in [0.25, 0.3) is 0 Å². The van der Waals surface area contributed by atoms with Crippen LogP contribution in [0.3, 0.4) is 0 Å². The topological polar surface area (TPSA) is 53.7 Å². The van der Waals surface area contributed by atoms with Crippen LogP contribution in [-0.4, -0.2) is 32.5 Å². The zero-order valence-corrected chi connectivity index (χ0v) is 12.6. The third-order valence-corrected chi connectivity index (χ3v) is 3.77. The van der Waals surface area contributed by atoms with Crippen molar-refractivity contribution in [2.75, 3.05) is 20.3 Å². The monoisotopic (exact) mass is 279 g/mol. The fraction of sp³-hybridized carbons (Fsp3) is 0.625. The summed E-state index contributed by atoms with van der Waals surface area (Å²) in [6.45, 7) is 5.36. The minimum absolute atomic E-state index is 0.0614. The molecule has 1 aliphatic carbocycles. The number of hydrogen-bond acceptors (Lipinski definition) is 4. The number of fused-ring (bicyclic) bond motifs is 1. The van der Waals surface area contributed by atoms with Gasteiger partial charge >= 0.3 is 0 Å². The molecule has 2 rings (SSSR count). The van der Waals surface area contributed by atoms with E-state index in [2.05, 4.69) is 12.1 Å². The first kappa shape index (κ1) is 15.3. The molecule has 112 valence electrons. The molecule has 0 bridgehead atoms. The molecule has 3 atom stereocenters. The Balaban J connectivity index is 2.02. The van der Waals surface area contributed by atoms with Gasteiger partial charge in [-0.05, 0) is 49.9 Å². The molecule has 0 aromatic heterocycles. The fourth-order valence-corrected chi connectivity index (χ4v) is 2.70. The van der Waals surface area contributed by atoms with Crippen LogP contribution in [0.4, 0.5) is 0 Å². The van der Waals surface area contributed by atoms with Crippen LogP contribution in [0.15, 0.2) is 18.2 Å². The smallest absolute Gasteiger partial charge is 0.119 e. The van der Waals surface area contributed by atoms with E-state index >= 15 is 0 Å². The Labute approximate surface area is 121 Å². The van der Waals surface area contributed by atoms with E-state index in [9.17, 15) is 0 Å². The molecule has 0 aliphatic heterocycles. The predicted molar refractivity (Wildman–Crippen MR) is 79.1 cm³/mol. The molecule has 1 aromatic rings. The molecular formula is C16H25NO3. The number of benzene rings is 1. The van der Waals surface area contributed by atoms with Gasteiger partial charge in [0.25, 0.3) is 0 Å². The number of hydrogen-bond donors (Lipinski definition) is 1. The van der Waals surface area contributed by atoms with E-state index in [1.165, 1.54) is 11.1 Å². The molecular weight excluding hydrogens is 254 g/mol. The molecule has 1 aromatic carbocycles. The molecule has 0 fully saturated rings. The van der Waals surface area contributed by atoms with Crippen LogP contribution >= 0.6 is 0 Å². The van der Waals surface area contributed by atoms with Crippen molar-refractivity contribution in [3.8, 4) is 5.75 Å². The molecule has 2 N–H and O–H groups in total. The van der Waals surface area contributed by atoms with Gasteiger partial charge in [-0.25, -0.2) is 0 Å². The van der Waals surface area contributed by atoms with Crippen molar-refractivity contribution < 1.29 is 14.2 Å². The van der Waals surface area contributed by atoms with E-state index in [0.717, 1.165) is 18.6 Å². The summed E-state index contributed by atoms with van der Waals surface area (Å²) in [6, 6.07) is 6.02. The van der Waals surface area contributed by atoms with Crippen molar-refractivity contribution in [2.24, 2.45) is 5.73 Å². The Kier molecular flexibility index (Phi) is 5.40. The Hall–Kier alpha value is -1.10. The van der Waals surface area contributed by atoms with Crippen LogP contribution in [0.5, 0.6) is 5.75 Å². The lowest BCUT2D eigenvalue weighted by Crippen LogP contribution is -2.37. The predicted octanol–water partition coefficient (Wildman–Crippen LogP) is 2.45. The van der Waals surface area contributed by atoms with Gasteiger partial charge in [-0.1, -0.05) is 6.07 Å². The maximum atomic E-state index is 6.35. The minimum atomic E-state index is -0.0752. The molecule has 0 heterocycles. The summed E-state index contributed by atoms with van der Waals surface area (Å²) in [5.74, 6) is 0.889. The molecule has 0 amide bonds. The van der Waals surface area contributed by atoms with Crippen LogP contribution in [-0.2, 0) is 15.9 Å². The third-order valence-electron chi connectivity index (χ3n) is 3.77. The molecule has 0 saturated carbocycles. The van der Waals surface area contributed by atoms with Crippen LogP contribution < -0.4 is 10.5 Å². The summed E-state index contributed by atoms with van der Waals surface area (Å²) in [5.41, 5.74) is 8.80. The van der Waals surface area contributed by atoms with Gasteiger partial charge in [0, 0.05) is 6.61 Å². The van der Waals surface area contributed by atoms with E-state index in [-0.39, 0.29) is 18.2 Å². The zero-order chi connectivity index (χ0) is 14.5. The standard InChI is InChI=1S/C16H25NO3/c1-4-19-10-11(2)20-15-8-5-12-9-13(18-3)6-7-14(12)16(15)17/h6-7,9,11,15-16H,4-5,8,10,17H2,1-3H3. The fourth-order valence-electron chi connectivity index (χ4n) is 2.70. The number of aryl methyl sites for hydroxylation is 1. The Morgan fingerprint density at radius 3 is 2.90 bits per heavy atom. The molecule has 0 spiro atoms.